The second kappa shape index (κ2) is 11.9. The van der Waals surface area contributed by atoms with Crippen LogP contribution in [-0.4, -0.2) is 33.7 Å². The number of halogens is 2. The molecule has 0 bridgehead atoms. The van der Waals surface area contributed by atoms with Crippen LogP contribution in [0.1, 0.15) is 29.9 Å². The fraction of sp³-hybridized carbons (Fsp3) is 0.190. The van der Waals surface area contributed by atoms with Gasteiger partial charge in [-0.05, 0) is 89.9 Å². The lowest BCUT2D eigenvalue weighted by atomic mass is 9.49. The van der Waals surface area contributed by atoms with Gasteiger partial charge in [0, 0.05) is 16.3 Å². The van der Waals surface area contributed by atoms with Gasteiger partial charge in [0.25, 0.3) is 11.8 Å². The van der Waals surface area contributed by atoms with E-state index >= 15 is 4.79 Å². The smallest absolute Gasteiger partial charge is 0.260 e. The van der Waals surface area contributed by atoms with Gasteiger partial charge in [-0.25, -0.2) is 4.39 Å². The van der Waals surface area contributed by atoms with Crippen molar-refractivity contribution in [2.75, 3.05) is 10.3 Å². The van der Waals surface area contributed by atoms with Gasteiger partial charge in [-0.2, -0.15) is 5.01 Å². The van der Waals surface area contributed by atoms with E-state index < -0.39 is 52.6 Å². The monoisotopic (exact) mass is 711 g/mol. The summed E-state index contributed by atoms with van der Waals surface area (Å²) in [4.78, 5) is 60.0. The van der Waals surface area contributed by atoms with Crippen molar-refractivity contribution in [3.05, 3.63) is 149 Å². The van der Waals surface area contributed by atoms with Gasteiger partial charge in [0.1, 0.15) is 11.6 Å². The number of para-hydroxylation sites is 1. The molecule has 6 unspecified atom stereocenters. The number of phenolic OH excluding ortho intramolecular Hbond substituents is 1. The van der Waals surface area contributed by atoms with E-state index in [4.69, 9.17) is 11.6 Å². The van der Waals surface area contributed by atoms with E-state index in [0.29, 0.717) is 38.3 Å². The Morgan fingerprint density at radius 2 is 1.44 bits per heavy atom. The van der Waals surface area contributed by atoms with E-state index in [-0.39, 0.29) is 30.4 Å². The molecule has 2 aliphatic heterocycles. The Bertz CT molecular complexity index is 2350. The number of nitrogens with one attached hydrogen (secondary N) is 1. The van der Waals surface area contributed by atoms with Gasteiger partial charge in [-0.15, -0.1) is 0 Å². The van der Waals surface area contributed by atoms with Gasteiger partial charge in [-0.1, -0.05) is 83.9 Å². The highest BCUT2D eigenvalue weighted by Gasteiger charge is 2.70. The molecule has 10 heteroatoms. The van der Waals surface area contributed by atoms with Crippen LogP contribution in [0.2, 0.25) is 5.02 Å². The van der Waals surface area contributed by atoms with Crippen LogP contribution in [-0.2, 0) is 24.6 Å². The number of rotatable bonds is 5. The molecule has 0 spiro atoms. The zero-order valence-corrected chi connectivity index (χ0v) is 28.3. The fourth-order valence-corrected chi connectivity index (χ4v) is 9.52. The van der Waals surface area contributed by atoms with Crippen molar-refractivity contribution in [3.8, 4) is 5.75 Å². The number of phenols is 1. The average Bonchev–Trinajstić information content (AvgIpc) is 3.54. The van der Waals surface area contributed by atoms with E-state index in [1.54, 1.807) is 66.7 Å². The molecule has 3 fully saturated rings. The number of carbonyl (C=O) groups is 4. The molecule has 2 aliphatic carbocycles. The number of allylic oxidation sites excluding steroid dienone is 2. The number of carbonyl (C=O) groups excluding carboxylic acids is 4. The molecule has 9 rings (SSSR count). The number of aromatic hydroxyl groups is 1. The van der Waals surface area contributed by atoms with E-state index in [2.05, 4.69) is 5.43 Å². The molecule has 2 N–H and O–H groups in total. The van der Waals surface area contributed by atoms with Gasteiger partial charge in [0.05, 0.1) is 34.5 Å². The molecule has 2 saturated heterocycles. The Hall–Kier alpha value is -5.80. The number of fused-ring (bicyclic) bond motifs is 5. The third kappa shape index (κ3) is 4.51. The van der Waals surface area contributed by atoms with E-state index in [9.17, 15) is 23.9 Å². The predicted molar refractivity (Wildman–Crippen MR) is 194 cm³/mol. The number of benzene rings is 5. The molecule has 8 nitrogen and oxygen atoms in total. The number of hydrazine groups is 1. The van der Waals surface area contributed by atoms with Crippen LogP contribution in [0.4, 0.5) is 15.8 Å². The topological polar surface area (TPSA) is 107 Å². The number of imide groups is 2. The van der Waals surface area contributed by atoms with Crippen molar-refractivity contribution in [2.45, 2.75) is 24.2 Å². The number of amides is 4. The predicted octanol–water partition coefficient (Wildman–Crippen LogP) is 7.53. The second-order valence-electron chi connectivity index (χ2n) is 13.9. The Balaban J connectivity index is 1.29. The molecule has 4 aliphatic rings. The van der Waals surface area contributed by atoms with Crippen molar-refractivity contribution in [1.29, 1.82) is 0 Å². The second-order valence-corrected chi connectivity index (χ2v) is 14.4. The minimum absolute atomic E-state index is 0.0602. The SMILES string of the molecule is O=C1C2CC3C(=CCC4C(=O)N(c5ccccc5)C(=O)C43)C(c3ccc(O)c4ccccc34)C2(c2ccc(Cl)cc2)C(=O)N1Nc1ccc(F)cc1. The van der Waals surface area contributed by atoms with Crippen LogP contribution in [0.15, 0.2) is 127 Å². The highest BCUT2D eigenvalue weighted by atomic mass is 35.5. The first-order chi connectivity index (χ1) is 25.2. The van der Waals surface area contributed by atoms with Gasteiger partial charge < -0.3 is 5.11 Å². The van der Waals surface area contributed by atoms with Crippen LogP contribution in [0.5, 0.6) is 5.75 Å². The number of nitrogens with zero attached hydrogens (tertiary/aromatic N) is 2. The first-order valence-electron chi connectivity index (χ1n) is 17.2. The van der Waals surface area contributed by atoms with Gasteiger partial charge in [0.15, 0.2) is 0 Å². The van der Waals surface area contributed by atoms with Crippen molar-refractivity contribution >= 4 is 57.4 Å². The van der Waals surface area contributed by atoms with Crippen molar-refractivity contribution in [1.82, 2.24) is 5.01 Å². The van der Waals surface area contributed by atoms with Crippen molar-refractivity contribution in [3.63, 3.8) is 0 Å². The summed E-state index contributed by atoms with van der Waals surface area (Å²) in [5.74, 6) is -5.79. The molecule has 52 heavy (non-hydrogen) atoms. The first-order valence-corrected chi connectivity index (χ1v) is 17.6. The molecule has 0 aromatic heterocycles. The summed E-state index contributed by atoms with van der Waals surface area (Å²) in [6.45, 7) is 0. The van der Waals surface area contributed by atoms with Crippen molar-refractivity contribution < 1.29 is 28.7 Å². The molecule has 1 saturated carbocycles. The maximum atomic E-state index is 15.4. The molecule has 258 valence electrons. The Morgan fingerprint density at radius 3 is 2.17 bits per heavy atom. The summed E-state index contributed by atoms with van der Waals surface area (Å²) in [7, 11) is 0. The standard InChI is InChI=1S/C42H31ClFN3O5/c43-24-12-10-23(11-13-24)42-34(39(50)47(41(42)52)45-26-16-14-25(44)15-17-26)22-33-31(37(42)30-20-21-35(48)29-9-5-4-8-28(29)30)18-19-32-36(33)40(51)46(38(32)49)27-6-2-1-3-7-27/h1-18,20-21,32-34,36-37,45,48H,19,22H2. The minimum Gasteiger partial charge on any atom is -0.507 e. The molecular formula is C42H31ClFN3O5. The largest absolute Gasteiger partial charge is 0.507 e. The van der Waals surface area contributed by atoms with Crippen LogP contribution < -0.4 is 10.3 Å². The normalized spacial score (nSPS) is 26.7. The molecule has 6 atom stereocenters. The van der Waals surface area contributed by atoms with E-state index in [1.165, 1.54) is 29.2 Å². The summed E-state index contributed by atoms with van der Waals surface area (Å²) in [5.41, 5.74) is 4.32. The maximum Gasteiger partial charge on any atom is 0.260 e. The Labute approximate surface area is 303 Å². The lowest BCUT2D eigenvalue weighted by Crippen LogP contribution is -2.53. The van der Waals surface area contributed by atoms with Crippen LogP contribution in [0.25, 0.3) is 10.8 Å². The fourth-order valence-electron chi connectivity index (χ4n) is 9.39. The average molecular weight is 712 g/mol. The molecule has 5 aromatic rings. The molecule has 0 radical (unpaired) electrons. The quantitative estimate of drug-likeness (QED) is 0.144. The zero-order chi connectivity index (χ0) is 35.9. The third-order valence-electron chi connectivity index (χ3n) is 11.5. The zero-order valence-electron chi connectivity index (χ0n) is 27.6. The van der Waals surface area contributed by atoms with Gasteiger partial charge >= 0.3 is 0 Å². The van der Waals surface area contributed by atoms with E-state index in [1.807, 2.05) is 30.3 Å². The number of hydrogen-bond donors (Lipinski definition) is 2. The van der Waals surface area contributed by atoms with Crippen LogP contribution >= 0.6 is 11.6 Å². The highest BCUT2D eigenvalue weighted by molar-refractivity contribution is 6.30. The lowest BCUT2D eigenvalue weighted by Gasteiger charge is -2.51. The summed E-state index contributed by atoms with van der Waals surface area (Å²) in [6, 6.07) is 31.9. The molecule has 5 aromatic carbocycles. The summed E-state index contributed by atoms with van der Waals surface area (Å²) in [6.07, 6.45) is 2.40. The molecule has 4 amide bonds. The first kappa shape index (κ1) is 32.1. The van der Waals surface area contributed by atoms with Gasteiger partial charge in [0.2, 0.25) is 11.8 Å². The highest BCUT2D eigenvalue weighted by Crippen LogP contribution is 2.65. The van der Waals surface area contributed by atoms with Crippen molar-refractivity contribution in [2.24, 2.45) is 23.7 Å². The van der Waals surface area contributed by atoms with Crippen LogP contribution in [0, 0.1) is 29.5 Å². The summed E-state index contributed by atoms with van der Waals surface area (Å²) < 4.78 is 13.9. The molecular weight excluding hydrogens is 681 g/mol. The van der Waals surface area contributed by atoms with Gasteiger partial charge in [-0.3, -0.25) is 29.5 Å². The lowest BCUT2D eigenvalue weighted by molar-refractivity contribution is -0.138. The summed E-state index contributed by atoms with van der Waals surface area (Å²) in [5, 5.41) is 13.7. The van der Waals surface area contributed by atoms with E-state index in [0.717, 1.165) is 10.6 Å². The molecule has 2 heterocycles. The minimum atomic E-state index is -1.53. The maximum absolute atomic E-state index is 15.4. The summed E-state index contributed by atoms with van der Waals surface area (Å²) >= 11 is 6.40. The number of anilines is 2. The Kier molecular flexibility index (Phi) is 7.34. The third-order valence-corrected chi connectivity index (χ3v) is 11.8. The number of hydrogen-bond acceptors (Lipinski definition) is 6. The Morgan fingerprint density at radius 1 is 0.750 bits per heavy atom. The van der Waals surface area contributed by atoms with Crippen LogP contribution in [0.3, 0.4) is 0 Å².